The molecule has 1 aromatic carbocycles. The molecule has 1 saturated carbocycles. The second-order valence-corrected chi connectivity index (χ2v) is 8.07. The number of hydrogen-bond acceptors (Lipinski definition) is 2. The molecule has 1 fully saturated rings. The quantitative estimate of drug-likeness (QED) is 0.592. The van der Waals surface area contributed by atoms with Gasteiger partial charge in [0.25, 0.3) is 5.91 Å². The van der Waals surface area contributed by atoms with Gasteiger partial charge < -0.3 is 10.1 Å². The minimum atomic E-state index is 0.0240. The Morgan fingerprint density at radius 1 is 1.16 bits per heavy atom. The monoisotopic (exact) mass is 345 g/mol. The Hall–Kier alpha value is -1.51. The van der Waals surface area contributed by atoms with Gasteiger partial charge in [-0.1, -0.05) is 52.9 Å². The van der Waals surface area contributed by atoms with Gasteiger partial charge in [0.2, 0.25) is 0 Å². The largest absolute Gasteiger partial charge is 0.494 e. The number of carbonyl (C=O) groups is 1. The standard InChI is InChI=1S/C22H35NO2/c1-4-5-6-9-16-25-20-13-11-18(12-14-20)21(24)23-17-19-10-7-8-15-22(19,2)3/h11-14,19H,4-10,15-17H2,1-3H3,(H,23,24)/t19-/m0/s1. The van der Waals surface area contributed by atoms with Gasteiger partial charge >= 0.3 is 0 Å². The summed E-state index contributed by atoms with van der Waals surface area (Å²) in [7, 11) is 0. The molecule has 1 aliphatic carbocycles. The van der Waals surface area contributed by atoms with Crippen molar-refractivity contribution in [3.8, 4) is 5.75 Å². The van der Waals surface area contributed by atoms with Gasteiger partial charge in [-0.05, 0) is 54.9 Å². The van der Waals surface area contributed by atoms with E-state index < -0.39 is 0 Å². The summed E-state index contributed by atoms with van der Waals surface area (Å²) < 4.78 is 5.74. The molecular weight excluding hydrogens is 310 g/mol. The van der Waals surface area contributed by atoms with Crippen molar-refractivity contribution in [3.63, 3.8) is 0 Å². The molecule has 140 valence electrons. The van der Waals surface area contributed by atoms with Crippen LogP contribution in [0.1, 0.15) is 82.5 Å². The fraction of sp³-hybridized carbons (Fsp3) is 0.682. The highest BCUT2D eigenvalue weighted by Gasteiger charge is 2.32. The fourth-order valence-corrected chi connectivity index (χ4v) is 3.68. The van der Waals surface area contributed by atoms with E-state index in [4.69, 9.17) is 4.74 Å². The number of nitrogens with one attached hydrogen (secondary N) is 1. The van der Waals surface area contributed by atoms with E-state index in [-0.39, 0.29) is 5.91 Å². The molecule has 3 heteroatoms. The van der Waals surface area contributed by atoms with Crippen LogP contribution >= 0.6 is 0 Å². The van der Waals surface area contributed by atoms with Crippen LogP contribution in [-0.4, -0.2) is 19.1 Å². The molecular formula is C22H35NO2. The average Bonchev–Trinajstić information content (AvgIpc) is 2.60. The Bertz CT molecular complexity index is 521. The minimum Gasteiger partial charge on any atom is -0.494 e. The van der Waals surface area contributed by atoms with Crippen molar-refractivity contribution in [2.45, 2.75) is 72.1 Å². The Morgan fingerprint density at radius 2 is 1.92 bits per heavy atom. The summed E-state index contributed by atoms with van der Waals surface area (Å²) in [5.74, 6) is 1.45. The molecule has 0 spiro atoms. The average molecular weight is 346 g/mol. The third kappa shape index (κ3) is 6.37. The summed E-state index contributed by atoms with van der Waals surface area (Å²) in [6.45, 7) is 8.40. The van der Waals surface area contributed by atoms with Crippen LogP contribution in [-0.2, 0) is 0 Å². The molecule has 0 bridgehead atoms. The molecule has 0 aromatic heterocycles. The predicted octanol–water partition coefficient (Wildman–Crippen LogP) is 5.59. The number of rotatable bonds is 9. The fourth-order valence-electron chi connectivity index (χ4n) is 3.68. The van der Waals surface area contributed by atoms with Gasteiger partial charge in [-0.15, -0.1) is 0 Å². The first-order valence-electron chi connectivity index (χ1n) is 10.0. The van der Waals surface area contributed by atoms with Crippen LogP contribution in [0.5, 0.6) is 5.75 Å². The van der Waals surface area contributed by atoms with Crippen LogP contribution in [0, 0.1) is 11.3 Å². The maximum absolute atomic E-state index is 12.4. The normalized spacial score (nSPS) is 19.4. The van der Waals surface area contributed by atoms with Crippen LogP contribution in [0.4, 0.5) is 0 Å². The lowest BCUT2D eigenvalue weighted by Gasteiger charge is -2.38. The Kier molecular flexibility index (Phi) is 7.80. The lowest BCUT2D eigenvalue weighted by molar-refractivity contribution is 0.0898. The highest BCUT2D eigenvalue weighted by atomic mass is 16.5. The van der Waals surface area contributed by atoms with E-state index >= 15 is 0 Å². The van der Waals surface area contributed by atoms with E-state index in [1.165, 1.54) is 44.9 Å². The summed E-state index contributed by atoms with van der Waals surface area (Å²) in [4.78, 5) is 12.4. The Labute approximate surface area is 153 Å². The first-order valence-corrected chi connectivity index (χ1v) is 10.0. The summed E-state index contributed by atoms with van der Waals surface area (Å²) >= 11 is 0. The van der Waals surface area contributed by atoms with Gasteiger partial charge in [-0.2, -0.15) is 0 Å². The lowest BCUT2D eigenvalue weighted by Crippen LogP contribution is -2.38. The van der Waals surface area contributed by atoms with E-state index in [1.54, 1.807) is 0 Å². The van der Waals surface area contributed by atoms with Crippen LogP contribution in [0.15, 0.2) is 24.3 Å². The van der Waals surface area contributed by atoms with Crippen molar-refractivity contribution in [3.05, 3.63) is 29.8 Å². The van der Waals surface area contributed by atoms with Gasteiger partial charge in [0.15, 0.2) is 0 Å². The molecule has 1 N–H and O–H groups in total. The maximum atomic E-state index is 12.4. The zero-order valence-electron chi connectivity index (χ0n) is 16.3. The predicted molar refractivity (Wildman–Crippen MR) is 104 cm³/mol. The van der Waals surface area contributed by atoms with E-state index in [1.807, 2.05) is 24.3 Å². The van der Waals surface area contributed by atoms with Crippen molar-refractivity contribution >= 4 is 5.91 Å². The Balaban J connectivity index is 1.76. The summed E-state index contributed by atoms with van der Waals surface area (Å²) in [5.41, 5.74) is 1.05. The van der Waals surface area contributed by atoms with Gasteiger partial charge in [-0.3, -0.25) is 4.79 Å². The molecule has 0 unspecified atom stereocenters. The van der Waals surface area contributed by atoms with E-state index in [9.17, 15) is 4.79 Å². The summed E-state index contributed by atoms with van der Waals surface area (Å²) in [6, 6.07) is 7.53. The molecule has 1 aliphatic rings. The minimum absolute atomic E-state index is 0.0240. The zero-order chi connectivity index (χ0) is 18.1. The van der Waals surface area contributed by atoms with Crippen molar-refractivity contribution in [2.24, 2.45) is 11.3 Å². The third-order valence-electron chi connectivity index (χ3n) is 5.62. The number of amides is 1. The smallest absolute Gasteiger partial charge is 0.251 e. The molecule has 3 nitrogen and oxygen atoms in total. The van der Waals surface area contributed by atoms with E-state index in [0.29, 0.717) is 16.9 Å². The molecule has 1 aromatic rings. The molecule has 2 rings (SSSR count). The molecule has 0 saturated heterocycles. The lowest BCUT2D eigenvalue weighted by atomic mass is 9.69. The highest BCUT2D eigenvalue weighted by Crippen LogP contribution is 2.40. The van der Waals surface area contributed by atoms with Crippen LogP contribution in [0.3, 0.4) is 0 Å². The van der Waals surface area contributed by atoms with Gasteiger partial charge in [0.1, 0.15) is 5.75 Å². The van der Waals surface area contributed by atoms with Crippen molar-refractivity contribution in [1.29, 1.82) is 0 Å². The van der Waals surface area contributed by atoms with Crippen LogP contribution in [0.2, 0.25) is 0 Å². The maximum Gasteiger partial charge on any atom is 0.251 e. The molecule has 0 aliphatic heterocycles. The molecule has 1 amide bonds. The first kappa shape index (κ1) is 19.8. The SMILES string of the molecule is CCCCCCOc1ccc(C(=O)NC[C@@H]2CCCCC2(C)C)cc1. The molecule has 25 heavy (non-hydrogen) atoms. The highest BCUT2D eigenvalue weighted by molar-refractivity contribution is 5.94. The molecule has 1 atom stereocenters. The van der Waals surface area contributed by atoms with Crippen molar-refractivity contribution in [2.75, 3.05) is 13.2 Å². The summed E-state index contributed by atoms with van der Waals surface area (Å²) in [6.07, 6.45) is 9.89. The number of ether oxygens (including phenoxy) is 1. The number of unbranched alkanes of at least 4 members (excludes halogenated alkanes) is 3. The molecule has 0 heterocycles. The first-order chi connectivity index (χ1) is 12.0. The zero-order valence-corrected chi connectivity index (χ0v) is 16.3. The van der Waals surface area contributed by atoms with E-state index in [2.05, 4.69) is 26.1 Å². The molecule has 0 radical (unpaired) electrons. The van der Waals surface area contributed by atoms with E-state index in [0.717, 1.165) is 25.3 Å². The number of benzene rings is 1. The topological polar surface area (TPSA) is 38.3 Å². The van der Waals surface area contributed by atoms with Gasteiger partial charge in [0, 0.05) is 12.1 Å². The van der Waals surface area contributed by atoms with Crippen molar-refractivity contribution in [1.82, 2.24) is 5.32 Å². The summed E-state index contributed by atoms with van der Waals surface area (Å²) in [5, 5.41) is 3.13. The second-order valence-electron chi connectivity index (χ2n) is 8.07. The van der Waals surface area contributed by atoms with Crippen LogP contribution in [0.25, 0.3) is 0 Å². The number of carbonyl (C=O) groups excluding carboxylic acids is 1. The van der Waals surface area contributed by atoms with Gasteiger partial charge in [-0.25, -0.2) is 0 Å². The number of hydrogen-bond donors (Lipinski definition) is 1. The van der Waals surface area contributed by atoms with Gasteiger partial charge in [0.05, 0.1) is 6.61 Å². The second kappa shape index (κ2) is 9.84. The van der Waals surface area contributed by atoms with Crippen molar-refractivity contribution < 1.29 is 9.53 Å². The Morgan fingerprint density at radius 3 is 2.60 bits per heavy atom. The van der Waals surface area contributed by atoms with Crippen LogP contribution < -0.4 is 10.1 Å². The third-order valence-corrected chi connectivity index (χ3v) is 5.62.